The Labute approximate surface area is 110 Å². The number of nitro groups is 1. The molecular formula is C10H15N3O5S. The number of anilines is 1. The number of nitrogens with one attached hydrogen (secondary N) is 1. The standard InChI is InChI=1S/C10H15N3O5S/c1-7(11)4-5-12-9-3-2-8(19(16,17)18)6-10(9)13(14)15/h2-3,6-7,12H,4-5,11H2,1H3,(H,16,17,18). The lowest BCUT2D eigenvalue weighted by molar-refractivity contribution is -0.384. The summed E-state index contributed by atoms with van der Waals surface area (Å²) < 4.78 is 30.7. The molecule has 9 heteroatoms. The molecule has 0 radical (unpaired) electrons. The Bertz CT molecular complexity index is 571. The molecule has 8 nitrogen and oxygen atoms in total. The van der Waals surface area contributed by atoms with E-state index in [0.29, 0.717) is 13.0 Å². The van der Waals surface area contributed by atoms with Crippen molar-refractivity contribution >= 4 is 21.5 Å². The van der Waals surface area contributed by atoms with Gasteiger partial charge in [0.05, 0.1) is 4.92 Å². The zero-order chi connectivity index (χ0) is 14.6. The second-order valence-electron chi connectivity index (χ2n) is 4.10. The van der Waals surface area contributed by atoms with Crippen molar-refractivity contribution in [3.05, 3.63) is 28.3 Å². The second kappa shape index (κ2) is 5.95. The number of nitrogens with zero attached hydrogens (tertiary/aromatic N) is 1. The maximum Gasteiger partial charge on any atom is 0.294 e. The first-order chi connectivity index (χ1) is 8.71. The van der Waals surface area contributed by atoms with Crippen molar-refractivity contribution in [2.45, 2.75) is 24.3 Å². The van der Waals surface area contributed by atoms with Crippen molar-refractivity contribution in [3.8, 4) is 0 Å². The van der Waals surface area contributed by atoms with Gasteiger partial charge in [-0.05, 0) is 25.5 Å². The van der Waals surface area contributed by atoms with Crippen LogP contribution in [0, 0.1) is 10.1 Å². The summed E-state index contributed by atoms with van der Waals surface area (Å²) in [5.41, 5.74) is 5.31. The molecule has 0 saturated carbocycles. The van der Waals surface area contributed by atoms with Crippen LogP contribution in [-0.4, -0.2) is 30.5 Å². The largest absolute Gasteiger partial charge is 0.379 e. The molecule has 0 aromatic heterocycles. The van der Waals surface area contributed by atoms with E-state index in [4.69, 9.17) is 10.3 Å². The molecule has 0 fully saturated rings. The lowest BCUT2D eigenvalue weighted by Crippen LogP contribution is -2.19. The molecule has 0 aliphatic heterocycles. The van der Waals surface area contributed by atoms with Gasteiger partial charge in [-0.2, -0.15) is 8.42 Å². The fraction of sp³-hybridized carbons (Fsp3) is 0.400. The summed E-state index contributed by atoms with van der Waals surface area (Å²) in [7, 11) is -4.46. The zero-order valence-corrected chi connectivity index (χ0v) is 11.1. The minimum absolute atomic E-state index is 0.0522. The predicted molar refractivity (Wildman–Crippen MR) is 69.7 cm³/mol. The molecule has 1 aromatic carbocycles. The zero-order valence-electron chi connectivity index (χ0n) is 10.2. The number of hydrogen-bond donors (Lipinski definition) is 3. The fourth-order valence-electron chi connectivity index (χ4n) is 1.41. The minimum Gasteiger partial charge on any atom is -0.379 e. The van der Waals surface area contributed by atoms with Crippen LogP contribution < -0.4 is 11.1 Å². The van der Waals surface area contributed by atoms with Gasteiger partial charge in [0, 0.05) is 18.7 Å². The van der Waals surface area contributed by atoms with E-state index in [9.17, 15) is 18.5 Å². The number of nitro benzene ring substituents is 1. The number of benzene rings is 1. The van der Waals surface area contributed by atoms with Crippen molar-refractivity contribution < 1.29 is 17.9 Å². The molecule has 0 bridgehead atoms. The van der Waals surface area contributed by atoms with Gasteiger partial charge < -0.3 is 11.1 Å². The van der Waals surface area contributed by atoms with Gasteiger partial charge in [-0.25, -0.2) is 0 Å². The predicted octanol–water partition coefficient (Wildman–Crippen LogP) is 0.991. The van der Waals surface area contributed by atoms with E-state index >= 15 is 0 Å². The normalized spacial score (nSPS) is 13.0. The van der Waals surface area contributed by atoms with Crippen LogP contribution in [0.2, 0.25) is 0 Å². The average molecular weight is 289 g/mol. The maximum atomic E-state index is 10.9. The first-order valence-electron chi connectivity index (χ1n) is 5.47. The molecule has 19 heavy (non-hydrogen) atoms. The van der Waals surface area contributed by atoms with Crippen molar-refractivity contribution in [3.63, 3.8) is 0 Å². The van der Waals surface area contributed by atoms with Gasteiger partial charge in [0.25, 0.3) is 15.8 Å². The van der Waals surface area contributed by atoms with Crippen molar-refractivity contribution in [1.29, 1.82) is 0 Å². The number of rotatable bonds is 6. The van der Waals surface area contributed by atoms with Crippen molar-refractivity contribution in [2.75, 3.05) is 11.9 Å². The smallest absolute Gasteiger partial charge is 0.294 e. The highest BCUT2D eigenvalue weighted by molar-refractivity contribution is 7.85. The van der Waals surface area contributed by atoms with Crippen LogP contribution in [0.3, 0.4) is 0 Å². The molecular weight excluding hydrogens is 274 g/mol. The lowest BCUT2D eigenvalue weighted by atomic mass is 10.2. The van der Waals surface area contributed by atoms with Gasteiger partial charge in [-0.3, -0.25) is 14.7 Å². The maximum absolute atomic E-state index is 10.9. The SMILES string of the molecule is CC(N)CCNc1ccc(S(=O)(=O)O)cc1[N+](=O)[O-]. The molecule has 4 N–H and O–H groups in total. The summed E-state index contributed by atoms with van der Waals surface area (Å²) in [6, 6.07) is 3.09. The van der Waals surface area contributed by atoms with Gasteiger partial charge in [0.2, 0.25) is 0 Å². The third-order valence-corrected chi connectivity index (χ3v) is 3.23. The lowest BCUT2D eigenvalue weighted by Gasteiger charge is -2.09. The Balaban J connectivity index is 3.02. The van der Waals surface area contributed by atoms with Gasteiger partial charge in [-0.15, -0.1) is 0 Å². The summed E-state index contributed by atoms with van der Waals surface area (Å²) >= 11 is 0. The summed E-state index contributed by atoms with van der Waals surface area (Å²) in [5.74, 6) is 0. The second-order valence-corrected chi connectivity index (χ2v) is 5.53. The molecule has 0 saturated heterocycles. The fourth-order valence-corrected chi connectivity index (χ4v) is 1.91. The van der Waals surface area contributed by atoms with Gasteiger partial charge in [0.1, 0.15) is 10.6 Å². The highest BCUT2D eigenvalue weighted by Crippen LogP contribution is 2.27. The highest BCUT2D eigenvalue weighted by Gasteiger charge is 2.19. The van der Waals surface area contributed by atoms with Crippen LogP contribution in [0.5, 0.6) is 0 Å². The molecule has 1 unspecified atom stereocenters. The van der Waals surface area contributed by atoms with Crippen LogP contribution in [0.4, 0.5) is 11.4 Å². The monoisotopic (exact) mass is 289 g/mol. The summed E-state index contributed by atoms with van der Waals surface area (Å²) in [6.45, 7) is 2.22. The topological polar surface area (TPSA) is 136 Å². The number of nitrogens with two attached hydrogens (primary N) is 1. The van der Waals surface area contributed by atoms with Crippen LogP contribution in [0.1, 0.15) is 13.3 Å². The van der Waals surface area contributed by atoms with Gasteiger partial charge in [0.15, 0.2) is 0 Å². The summed E-state index contributed by atoms with van der Waals surface area (Å²) in [5, 5.41) is 13.7. The Morgan fingerprint density at radius 2 is 2.16 bits per heavy atom. The van der Waals surface area contributed by atoms with Gasteiger partial charge in [-0.1, -0.05) is 0 Å². The average Bonchev–Trinajstić information content (AvgIpc) is 2.27. The molecule has 0 aliphatic carbocycles. The minimum atomic E-state index is -4.46. The van der Waals surface area contributed by atoms with Crippen LogP contribution in [0.25, 0.3) is 0 Å². The molecule has 1 aromatic rings. The first kappa shape index (κ1) is 15.3. The van der Waals surface area contributed by atoms with E-state index in [0.717, 1.165) is 12.1 Å². The third-order valence-electron chi connectivity index (χ3n) is 2.38. The Morgan fingerprint density at radius 3 is 2.63 bits per heavy atom. The summed E-state index contributed by atoms with van der Waals surface area (Å²) in [6.07, 6.45) is 0.608. The third kappa shape index (κ3) is 4.47. The van der Waals surface area contributed by atoms with Crippen molar-refractivity contribution in [1.82, 2.24) is 0 Å². The Hall–Kier alpha value is -1.71. The molecule has 0 amide bonds. The summed E-state index contributed by atoms with van der Waals surface area (Å²) in [4.78, 5) is 9.63. The van der Waals surface area contributed by atoms with E-state index in [2.05, 4.69) is 5.32 Å². The molecule has 1 atom stereocenters. The molecule has 0 spiro atoms. The quantitative estimate of drug-likeness (QED) is 0.403. The Morgan fingerprint density at radius 1 is 1.53 bits per heavy atom. The van der Waals surface area contributed by atoms with E-state index in [-0.39, 0.29) is 11.7 Å². The first-order valence-corrected chi connectivity index (χ1v) is 6.91. The van der Waals surface area contributed by atoms with Crippen LogP contribution in [0.15, 0.2) is 23.1 Å². The molecule has 106 valence electrons. The van der Waals surface area contributed by atoms with E-state index < -0.39 is 25.6 Å². The van der Waals surface area contributed by atoms with Crippen LogP contribution >= 0.6 is 0 Å². The molecule has 0 aliphatic rings. The van der Waals surface area contributed by atoms with E-state index in [1.54, 1.807) is 6.92 Å². The molecule has 1 rings (SSSR count). The van der Waals surface area contributed by atoms with Crippen molar-refractivity contribution in [2.24, 2.45) is 5.73 Å². The van der Waals surface area contributed by atoms with Crippen LogP contribution in [-0.2, 0) is 10.1 Å². The van der Waals surface area contributed by atoms with Gasteiger partial charge >= 0.3 is 0 Å². The highest BCUT2D eigenvalue weighted by atomic mass is 32.2. The number of hydrogen-bond acceptors (Lipinski definition) is 6. The Kier molecular flexibility index (Phi) is 4.81. The van der Waals surface area contributed by atoms with E-state index in [1.165, 1.54) is 6.07 Å². The molecule has 0 heterocycles. The van der Waals surface area contributed by atoms with E-state index in [1.807, 2.05) is 0 Å².